The molecular formula is C9H8FNO. The Labute approximate surface area is 69.0 Å². The molecule has 0 saturated carbocycles. The Morgan fingerprint density at radius 2 is 2.17 bits per heavy atom. The fourth-order valence-electron chi connectivity index (χ4n) is 1.19. The van der Waals surface area contributed by atoms with Crippen LogP contribution in [-0.4, -0.2) is 12.1 Å². The second-order valence-electron chi connectivity index (χ2n) is 2.57. The Morgan fingerprint density at radius 3 is 2.92 bits per heavy atom. The molecule has 0 spiro atoms. The molecule has 0 aliphatic carbocycles. The van der Waals surface area contributed by atoms with Gasteiger partial charge in [-0.2, -0.15) is 0 Å². The molecular weight excluding hydrogens is 157 g/mol. The van der Waals surface area contributed by atoms with E-state index in [0.29, 0.717) is 5.88 Å². The summed E-state index contributed by atoms with van der Waals surface area (Å²) in [7, 11) is 1.57. The normalized spacial score (nSPS) is 10.5. The van der Waals surface area contributed by atoms with Gasteiger partial charge in [0.25, 0.3) is 0 Å². The minimum absolute atomic E-state index is 0.232. The van der Waals surface area contributed by atoms with E-state index in [1.165, 1.54) is 12.1 Å². The number of hydrogen-bond donors (Lipinski definition) is 1. The average molecular weight is 165 g/mol. The lowest BCUT2D eigenvalue weighted by molar-refractivity contribution is 0.401. The Hall–Kier alpha value is -1.51. The molecule has 0 amide bonds. The topological polar surface area (TPSA) is 25.0 Å². The molecule has 0 radical (unpaired) electrons. The molecule has 2 aromatic rings. The monoisotopic (exact) mass is 165 g/mol. The number of H-pyrrole nitrogens is 1. The van der Waals surface area contributed by atoms with Gasteiger partial charge in [-0.1, -0.05) is 0 Å². The second-order valence-corrected chi connectivity index (χ2v) is 2.57. The van der Waals surface area contributed by atoms with Gasteiger partial charge in [-0.3, -0.25) is 0 Å². The van der Waals surface area contributed by atoms with Crippen molar-refractivity contribution in [3.63, 3.8) is 0 Å². The largest absolute Gasteiger partial charge is 0.482 e. The van der Waals surface area contributed by atoms with Crippen LogP contribution in [0, 0.1) is 5.82 Å². The number of nitrogens with one attached hydrogen (secondary N) is 1. The van der Waals surface area contributed by atoms with Crippen molar-refractivity contribution in [1.82, 2.24) is 4.98 Å². The first-order valence-corrected chi connectivity index (χ1v) is 3.62. The van der Waals surface area contributed by atoms with E-state index in [9.17, 15) is 4.39 Å². The highest BCUT2D eigenvalue weighted by Crippen LogP contribution is 2.20. The fraction of sp³-hybridized carbons (Fsp3) is 0.111. The van der Waals surface area contributed by atoms with E-state index in [1.54, 1.807) is 19.2 Å². The summed E-state index contributed by atoms with van der Waals surface area (Å²) >= 11 is 0. The van der Waals surface area contributed by atoms with Crippen LogP contribution >= 0.6 is 0 Å². The lowest BCUT2D eigenvalue weighted by Crippen LogP contribution is -1.79. The number of ether oxygens (including phenoxy) is 1. The Balaban J connectivity index is 2.67. The van der Waals surface area contributed by atoms with Crippen molar-refractivity contribution >= 4 is 10.9 Å². The van der Waals surface area contributed by atoms with Crippen LogP contribution in [0.4, 0.5) is 4.39 Å². The van der Waals surface area contributed by atoms with Crippen molar-refractivity contribution in [3.05, 3.63) is 30.1 Å². The smallest absolute Gasteiger partial charge is 0.191 e. The first-order valence-electron chi connectivity index (χ1n) is 3.62. The number of rotatable bonds is 1. The molecule has 0 saturated heterocycles. The van der Waals surface area contributed by atoms with Crippen molar-refractivity contribution in [3.8, 4) is 5.88 Å². The number of hydrogen-bond acceptors (Lipinski definition) is 1. The lowest BCUT2D eigenvalue weighted by Gasteiger charge is -1.89. The minimum atomic E-state index is -0.232. The van der Waals surface area contributed by atoms with Gasteiger partial charge in [-0.05, 0) is 18.2 Å². The zero-order chi connectivity index (χ0) is 8.55. The highest BCUT2D eigenvalue weighted by atomic mass is 19.1. The van der Waals surface area contributed by atoms with Gasteiger partial charge in [0.2, 0.25) is 0 Å². The molecule has 2 rings (SSSR count). The molecule has 2 nitrogen and oxygen atoms in total. The number of fused-ring (bicyclic) bond motifs is 1. The molecule has 1 heterocycles. The lowest BCUT2D eigenvalue weighted by atomic mass is 10.2. The molecule has 1 aromatic carbocycles. The van der Waals surface area contributed by atoms with Crippen LogP contribution in [0.15, 0.2) is 24.3 Å². The predicted octanol–water partition coefficient (Wildman–Crippen LogP) is 2.32. The summed E-state index contributed by atoms with van der Waals surface area (Å²) in [5.74, 6) is 0.416. The van der Waals surface area contributed by atoms with Crippen LogP contribution in [0.1, 0.15) is 0 Å². The zero-order valence-corrected chi connectivity index (χ0v) is 6.60. The van der Waals surface area contributed by atoms with Crippen LogP contribution < -0.4 is 4.74 Å². The summed E-state index contributed by atoms with van der Waals surface area (Å²) in [6.45, 7) is 0. The molecule has 0 aliphatic heterocycles. The van der Waals surface area contributed by atoms with Gasteiger partial charge in [0.05, 0.1) is 7.11 Å². The van der Waals surface area contributed by atoms with Crippen molar-refractivity contribution in [2.45, 2.75) is 0 Å². The van der Waals surface area contributed by atoms with Crippen molar-refractivity contribution < 1.29 is 9.13 Å². The number of halogens is 1. The summed E-state index contributed by atoms with van der Waals surface area (Å²) in [4.78, 5) is 2.98. The first kappa shape index (κ1) is 7.16. The predicted molar refractivity (Wildman–Crippen MR) is 44.8 cm³/mol. The molecule has 1 aromatic heterocycles. The third-order valence-electron chi connectivity index (χ3n) is 1.78. The Morgan fingerprint density at radius 1 is 1.33 bits per heavy atom. The van der Waals surface area contributed by atoms with E-state index >= 15 is 0 Å². The van der Waals surface area contributed by atoms with E-state index < -0.39 is 0 Å². The van der Waals surface area contributed by atoms with Crippen LogP contribution in [0.3, 0.4) is 0 Å². The SMILES string of the molecule is COc1cc2cc(F)ccc2[nH]1. The highest BCUT2D eigenvalue weighted by Gasteiger charge is 2.00. The Kier molecular flexibility index (Phi) is 1.50. The minimum Gasteiger partial charge on any atom is -0.482 e. The zero-order valence-electron chi connectivity index (χ0n) is 6.60. The maximum Gasteiger partial charge on any atom is 0.191 e. The van der Waals surface area contributed by atoms with Gasteiger partial charge in [-0.25, -0.2) is 4.39 Å². The van der Waals surface area contributed by atoms with Crippen LogP contribution in [0.5, 0.6) is 5.88 Å². The number of aromatic nitrogens is 1. The van der Waals surface area contributed by atoms with E-state index in [-0.39, 0.29) is 5.82 Å². The number of methoxy groups -OCH3 is 1. The third kappa shape index (κ3) is 1.03. The molecule has 0 aliphatic rings. The molecule has 0 atom stereocenters. The van der Waals surface area contributed by atoms with Crippen molar-refractivity contribution in [1.29, 1.82) is 0 Å². The maximum atomic E-state index is 12.7. The van der Waals surface area contributed by atoms with Crippen LogP contribution in [0.2, 0.25) is 0 Å². The van der Waals surface area contributed by atoms with Gasteiger partial charge in [0.1, 0.15) is 5.82 Å². The van der Waals surface area contributed by atoms with E-state index in [4.69, 9.17) is 4.74 Å². The van der Waals surface area contributed by atoms with Gasteiger partial charge < -0.3 is 9.72 Å². The molecule has 1 N–H and O–H groups in total. The molecule has 0 unspecified atom stereocenters. The molecule has 12 heavy (non-hydrogen) atoms. The molecule has 0 fully saturated rings. The summed E-state index contributed by atoms with van der Waals surface area (Å²) in [5.41, 5.74) is 0.883. The molecule has 3 heteroatoms. The van der Waals surface area contributed by atoms with Gasteiger partial charge >= 0.3 is 0 Å². The third-order valence-corrected chi connectivity index (χ3v) is 1.78. The maximum absolute atomic E-state index is 12.7. The highest BCUT2D eigenvalue weighted by molar-refractivity contribution is 5.81. The van der Waals surface area contributed by atoms with Gasteiger partial charge in [0, 0.05) is 17.0 Å². The van der Waals surface area contributed by atoms with Crippen molar-refractivity contribution in [2.24, 2.45) is 0 Å². The second kappa shape index (κ2) is 2.52. The van der Waals surface area contributed by atoms with Gasteiger partial charge in [-0.15, -0.1) is 0 Å². The first-order chi connectivity index (χ1) is 5.79. The van der Waals surface area contributed by atoms with E-state index in [1.807, 2.05) is 0 Å². The van der Waals surface area contributed by atoms with Crippen LogP contribution in [-0.2, 0) is 0 Å². The Bertz CT molecular complexity index is 408. The molecule has 62 valence electrons. The fourth-order valence-corrected chi connectivity index (χ4v) is 1.19. The summed E-state index contributed by atoms with van der Waals surface area (Å²) in [6.07, 6.45) is 0. The van der Waals surface area contributed by atoms with Gasteiger partial charge in [0.15, 0.2) is 5.88 Å². The summed E-state index contributed by atoms with van der Waals surface area (Å²) in [5, 5.41) is 0.826. The summed E-state index contributed by atoms with van der Waals surface area (Å²) < 4.78 is 17.7. The quantitative estimate of drug-likeness (QED) is 0.689. The van der Waals surface area contributed by atoms with Crippen LogP contribution in [0.25, 0.3) is 10.9 Å². The van der Waals surface area contributed by atoms with E-state index in [2.05, 4.69) is 4.98 Å². The van der Waals surface area contributed by atoms with E-state index in [0.717, 1.165) is 10.9 Å². The average Bonchev–Trinajstić information content (AvgIpc) is 2.46. The molecule has 0 bridgehead atoms. The van der Waals surface area contributed by atoms with Crippen molar-refractivity contribution in [2.75, 3.05) is 7.11 Å². The number of aromatic amines is 1. The summed E-state index contributed by atoms with van der Waals surface area (Å²) in [6, 6.07) is 6.33. The standard InChI is InChI=1S/C9H8FNO/c1-12-9-5-6-4-7(10)2-3-8(6)11-9/h2-5,11H,1H3. The number of benzene rings is 1.